The third kappa shape index (κ3) is 4.50. The molecule has 10 heteroatoms. The fraction of sp³-hybridized carbons (Fsp3) is 0.391. The molecule has 3 amide bonds. The predicted octanol–water partition coefficient (Wildman–Crippen LogP) is 3.65. The van der Waals surface area contributed by atoms with Gasteiger partial charge in [-0.15, -0.1) is 0 Å². The number of ketones is 1. The molecule has 0 unspecified atom stereocenters. The van der Waals surface area contributed by atoms with Gasteiger partial charge in [-0.1, -0.05) is 6.92 Å². The number of hydrogen-bond acceptors (Lipinski definition) is 6. The number of nitrogens with two attached hydrogens (primary N) is 1. The number of aryl methyl sites for hydroxylation is 1. The van der Waals surface area contributed by atoms with E-state index in [0.29, 0.717) is 22.8 Å². The third-order valence-electron chi connectivity index (χ3n) is 6.20. The number of halogens is 2. The summed E-state index contributed by atoms with van der Waals surface area (Å²) in [4.78, 5) is 43.2. The molecule has 8 nitrogen and oxygen atoms in total. The molecule has 0 atom stereocenters. The van der Waals surface area contributed by atoms with Crippen LogP contribution in [0.5, 0.6) is 0 Å². The second kappa shape index (κ2) is 8.42. The van der Waals surface area contributed by atoms with Crippen molar-refractivity contribution in [3.63, 3.8) is 0 Å². The van der Waals surface area contributed by atoms with Crippen molar-refractivity contribution in [3.05, 3.63) is 47.7 Å². The van der Waals surface area contributed by atoms with Crippen LogP contribution < -0.4 is 16.4 Å². The van der Waals surface area contributed by atoms with Crippen molar-refractivity contribution in [1.29, 1.82) is 0 Å². The van der Waals surface area contributed by atoms with Crippen LogP contribution in [0.15, 0.2) is 36.4 Å². The molecule has 0 bridgehead atoms. The van der Waals surface area contributed by atoms with E-state index in [1.54, 1.807) is 30.3 Å². The summed E-state index contributed by atoms with van der Waals surface area (Å²) in [6.45, 7) is 1.53. The number of amides is 3. The summed E-state index contributed by atoms with van der Waals surface area (Å²) < 4.78 is 27.0. The highest BCUT2D eigenvalue weighted by molar-refractivity contribution is 6.11. The van der Waals surface area contributed by atoms with Gasteiger partial charge in [0, 0.05) is 29.8 Å². The Morgan fingerprint density at radius 1 is 1.12 bits per heavy atom. The van der Waals surface area contributed by atoms with Gasteiger partial charge in [0.15, 0.2) is 11.6 Å². The molecule has 1 saturated heterocycles. The number of urea groups is 1. The summed E-state index contributed by atoms with van der Waals surface area (Å²) in [7, 11) is 0. The van der Waals surface area contributed by atoms with E-state index < -0.39 is 48.6 Å². The molecule has 2 aromatic rings. The molecule has 2 heterocycles. The van der Waals surface area contributed by atoms with Crippen molar-refractivity contribution in [3.8, 4) is 0 Å². The van der Waals surface area contributed by atoms with Crippen molar-refractivity contribution in [2.45, 2.75) is 50.5 Å². The third-order valence-corrected chi connectivity index (χ3v) is 6.20. The first-order chi connectivity index (χ1) is 15.6. The summed E-state index contributed by atoms with van der Waals surface area (Å²) in [5, 5.41) is 5.65. The second-order valence-corrected chi connectivity index (χ2v) is 8.48. The minimum absolute atomic E-state index is 0.147. The van der Waals surface area contributed by atoms with Crippen LogP contribution in [0.3, 0.4) is 0 Å². The van der Waals surface area contributed by atoms with Gasteiger partial charge in [0.25, 0.3) is 5.91 Å². The number of carbonyl (C=O) groups excluding carboxylic acids is 3. The van der Waals surface area contributed by atoms with Crippen LogP contribution >= 0.6 is 0 Å². The van der Waals surface area contributed by atoms with Gasteiger partial charge in [0.1, 0.15) is 5.54 Å². The van der Waals surface area contributed by atoms with E-state index in [1.165, 1.54) is 0 Å². The van der Waals surface area contributed by atoms with Crippen molar-refractivity contribution in [2.75, 3.05) is 17.6 Å². The largest absolute Gasteiger partial charge is 0.396 e. The van der Waals surface area contributed by atoms with Gasteiger partial charge < -0.3 is 16.4 Å². The number of pyridine rings is 1. The zero-order valence-corrected chi connectivity index (χ0v) is 18.2. The first-order valence-corrected chi connectivity index (χ1v) is 10.8. The number of benzene rings is 1. The molecule has 2 aliphatic rings. The number of alkyl halides is 2. The van der Waals surface area contributed by atoms with Gasteiger partial charge in [-0.05, 0) is 55.7 Å². The van der Waals surface area contributed by atoms with Crippen molar-refractivity contribution < 1.29 is 23.2 Å². The first kappa shape index (κ1) is 22.6. The van der Waals surface area contributed by atoms with Crippen LogP contribution in [0.2, 0.25) is 0 Å². The van der Waals surface area contributed by atoms with E-state index in [-0.39, 0.29) is 12.8 Å². The number of nitrogens with zero attached hydrogens (tertiary/aromatic N) is 2. The lowest BCUT2D eigenvalue weighted by molar-refractivity contribution is -0.135. The van der Waals surface area contributed by atoms with Gasteiger partial charge in [-0.3, -0.25) is 14.5 Å². The summed E-state index contributed by atoms with van der Waals surface area (Å²) in [5.41, 5.74) is 6.96. The van der Waals surface area contributed by atoms with Crippen molar-refractivity contribution in [1.82, 2.24) is 15.2 Å². The molecule has 1 aromatic carbocycles. The molecule has 1 saturated carbocycles. The van der Waals surface area contributed by atoms with Crippen LogP contribution in [0.1, 0.15) is 48.7 Å². The number of rotatable bonds is 6. The lowest BCUT2D eigenvalue weighted by atomic mass is 9.80. The number of carbonyl (C=O) groups is 3. The fourth-order valence-corrected chi connectivity index (χ4v) is 4.12. The van der Waals surface area contributed by atoms with E-state index in [9.17, 15) is 23.2 Å². The quantitative estimate of drug-likeness (QED) is 0.450. The van der Waals surface area contributed by atoms with Crippen LogP contribution in [-0.2, 0) is 11.2 Å². The number of aromatic nitrogens is 1. The van der Waals surface area contributed by atoms with E-state index >= 15 is 0 Å². The molecule has 174 valence electrons. The molecular weight excluding hydrogens is 432 g/mol. The second-order valence-electron chi connectivity index (χ2n) is 8.48. The molecule has 33 heavy (non-hydrogen) atoms. The molecule has 1 spiro atoms. The molecule has 0 radical (unpaired) electrons. The molecular formula is C23H25F2N5O3. The summed E-state index contributed by atoms with van der Waals surface area (Å²) in [6.07, 6.45) is -0.488. The van der Waals surface area contributed by atoms with E-state index in [4.69, 9.17) is 5.73 Å². The van der Waals surface area contributed by atoms with Crippen molar-refractivity contribution >= 4 is 34.9 Å². The number of imide groups is 1. The van der Waals surface area contributed by atoms with E-state index in [0.717, 1.165) is 17.0 Å². The highest BCUT2D eigenvalue weighted by atomic mass is 19.3. The number of anilines is 3. The maximum Gasteiger partial charge on any atom is 0.325 e. The lowest BCUT2D eigenvalue weighted by Crippen LogP contribution is -2.51. The van der Waals surface area contributed by atoms with E-state index in [2.05, 4.69) is 15.6 Å². The van der Waals surface area contributed by atoms with E-state index in [1.807, 2.05) is 13.0 Å². The molecule has 1 aliphatic carbocycles. The minimum Gasteiger partial charge on any atom is -0.396 e. The maximum absolute atomic E-state index is 13.5. The van der Waals surface area contributed by atoms with Crippen LogP contribution in [0.25, 0.3) is 0 Å². The summed E-state index contributed by atoms with van der Waals surface area (Å²) in [6, 6.07) is 9.37. The highest BCUT2D eigenvalue weighted by Crippen LogP contribution is 2.41. The number of nitrogen functional groups attached to an aromatic ring is 1. The predicted molar refractivity (Wildman–Crippen MR) is 118 cm³/mol. The monoisotopic (exact) mass is 457 g/mol. The zero-order valence-electron chi connectivity index (χ0n) is 18.2. The van der Waals surface area contributed by atoms with Crippen LogP contribution in [-0.4, -0.2) is 45.6 Å². The van der Waals surface area contributed by atoms with Crippen LogP contribution in [0.4, 0.5) is 30.8 Å². The Kier molecular flexibility index (Phi) is 5.77. The standard InChI is InChI=1S/C23H25F2N5O3/c1-2-15-7-8-17(26)19(27-15)28-16-5-3-14(4-6-16)18(31)13-30-20(32)22(29-21(30)33)9-11-23(24,25)12-10-22/h3-8H,2,9-13,26H2,1H3,(H,27,28)(H,29,33). The average molecular weight is 457 g/mol. The maximum atomic E-state index is 13.5. The van der Waals surface area contributed by atoms with Crippen molar-refractivity contribution in [2.24, 2.45) is 0 Å². The Bertz CT molecular complexity index is 1090. The number of nitrogens with one attached hydrogen (secondary N) is 2. The smallest absolute Gasteiger partial charge is 0.325 e. The molecule has 1 aromatic heterocycles. The zero-order chi connectivity index (χ0) is 23.8. The number of Topliss-reactive ketones (excluding diaryl/α,β-unsaturated/α-hetero) is 1. The molecule has 4 N–H and O–H groups in total. The first-order valence-electron chi connectivity index (χ1n) is 10.8. The Morgan fingerprint density at radius 2 is 1.79 bits per heavy atom. The molecule has 2 fully saturated rings. The van der Waals surface area contributed by atoms with Gasteiger partial charge in [-0.2, -0.15) is 0 Å². The highest BCUT2D eigenvalue weighted by Gasteiger charge is 2.55. The van der Waals surface area contributed by atoms with Crippen LogP contribution in [0, 0.1) is 0 Å². The van der Waals surface area contributed by atoms with Gasteiger partial charge in [0.2, 0.25) is 5.92 Å². The normalized spacial score (nSPS) is 18.9. The fourth-order valence-electron chi connectivity index (χ4n) is 4.12. The summed E-state index contributed by atoms with van der Waals surface area (Å²) in [5.74, 6) is -3.38. The number of hydrogen-bond donors (Lipinski definition) is 3. The van der Waals surface area contributed by atoms with Gasteiger partial charge in [0.05, 0.1) is 12.2 Å². The Labute approximate surface area is 189 Å². The van der Waals surface area contributed by atoms with Gasteiger partial charge >= 0.3 is 6.03 Å². The Balaban J connectivity index is 1.42. The lowest BCUT2D eigenvalue weighted by Gasteiger charge is -2.34. The Morgan fingerprint density at radius 3 is 2.42 bits per heavy atom. The Hall–Kier alpha value is -3.56. The minimum atomic E-state index is -2.84. The molecule has 4 rings (SSSR count). The summed E-state index contributed by atoms with van der Waals surface area (Å²) >= 11 is 0. The average Bonchev–Trinajstić information content (AvgIpc) is 3.02. The van der Waals surface area contributed by atoms with Gasteiger partial charge in [-0.25, -0.2) is 18.6 Å². The molecule has 1 aliphatic heterocycles. The topological polar surface area (TPSA) is 117 Å². The SMILES string of the molecule is CCc1ccc(N)c(Nc2ccc(C(=O)CN3C(=O)NC4(CCC(F)(F)CC4)C3=O)cc2)n1.